The molecule has 0 bridgehead atoms. The van der Waals surface area contributed by atoms with Crippen molar-refractivity contribution < 1.29 is 23.9 Å². The molecule has 0 atom stereocenters. The van der Waals surface area contributed by atoms with Crippen LogP contribution in [-0.2, 0) is 22.6 Å². The topological polar surface area (TPSA) is 76.2 Å². The van der Waals surface area contributed by atoms with Gasteiger partial charge in [0.25, 0.3) is 11.1 Å². The lowest BCUT2D eigenvalue weighted by Gasteiger charge is -2.29. The number of imide groups is 1. The number of halogens is 1. The van der Waals surface area contributed by atoms with Gasteiger partial charge in [0.1, 0.15) is 6.54 Å². The van der Waals surface area contributed by atoms with Crippen LogP contribution in [-0.4, -0.2) is 54.2 Å². The first-order valence-corrected chi connectivity index (χ1v) is 11.5. The lowest BCUT2D eigenvalue weighted by molar-refractivity contribution is -0.136. The van der Waals surface area contributed by atoms with Gasteiger partial charge in [0.15, 0.2) is 11.5 Å². The number of carbonyl (C=O) groups is 3. The quantitative estimate of drug-likeness (QED) is 0.557. The zero-order valence-corrected chi connectivity index (χ0v) is 20.0. The lowest BCUT2D eigenvalue weighted by atomic mass is 10.00. The molecule has 2 aliphatic rings. The van der Waals surface area contributed by atoms with E-state index in [1.807, 2.05) is 18.2 Å². The van der Waals surface area contributed by atoms with Crippen LogP contribution in [0.15, 0.2) is 45.8 Å². The Morgan fingerprint density at radius 2 is 1.91 bits per heavy atom. The van der Waals surface area contributed by atoms with Crippen LogP contribution in [0, 0.1) is 0 Å². The summed E-state index contributed by atoms with van der Waals surface area (Å²) in [7, 11) is 3.05. The Kier molecular flexibility index (Phi) is 6.57. The highest BCUT2D eigenvalue weighted by Gasteiger charge is 2.37. The van der Waals surface area contributed by atoms with Gasteiger partial charge in [-0.05, 0) is 69.0 Å². The number of benzene rings is 2. The Morgan fingerprint density at radius 3 is 2.62 bits per heavy atom. The smallest absolute Gasteiger partial charge is 0.294 e. The number of nitrogens with zero attached hydrogens (tertiary/aromatic N) is 2. The molecule has 32 heavy (non-hydrogen) atoms. The molecule has 0 unspecified atom stereocenters. The summed E-state index contributed by atoms with van der Waals surface area (Å²) in [5.41, 5.74) is 2.99. The van der Waals surface area contributed by atoms with E-state index < -0.39 is 11.1 Å². The zero-order valence-electron chi connectivity index (χ0n) is 17.6. The van der Waals surface area contributed by atoms with E-state index in [9.17, 15) is 14.4 Å². The Bertz CT molecular complexity index is 1130. The van der Waals surface area contributed by atoms with Gasteiger partial charge in [-0.3, -0.25) is 19.3 Å². The van der Waals surface area contributed by atoms with Crippen molar-refractivity contribution in [2.75, 3.05) is 27.3 Å². The molecule has 0 radical (unpaired) electrons. The molecule has 2 heterocycles. The molecular formula is C23H21BrN2O5S. The van der Waals surface area contributed by atoms with Gasteiger partial charge in [0.05, 0.1) is 23.6 Å². The number of hydrogen-bond acceptors (Lipinski definition) is 6. The maximum atomic E-state index is 12.9. The molecule has 3 amide bonds. The van der Waals surface area contributed by atoms with Gasteiger partial charge in [-0.2, -0.15) is 0 Å². The molecule has 2 aliphatic heterocycles. The summed E-state index contributed by atoms with van der Waals surface area (Å²) in [5.74, 6) is 0.313. The number of rotatable bonds is 5. The van der Waals surface area contributed by atoms with Crippen molar-refractivity contribution >= 4 is 50.8 Å². The lowest BCUT2D eigenvalue weighted by Crippen LogP contribution is -2.44. The number of hydrogen-bond donors (Lipinski definition) is 0. The fraction of sp³-hybridized carbons (Fsp3) is 0.261. The van der Waals surface area contributed by atoms with Crippen LogP contribution < -0.4 is 9.47 Å². The van der Waals surface area contributed by atoms with Crippen molar-refractivity contribution in [3.05, 3.63) is 62.5 Å². The van der Waals surface area contributed by atoms with Gasteiger partial charge in [-0.1, -0.05) is 24.3 Å². The van der Waals surface area contributed by atoms with Crippen molar-refractivity contribution in [2.24, 2.45) is 0 Å². The van der Waals surface area contributed by atoms with E-state index in [1.165, 1.54) is 19.8 Å². The van der Waals surface area contributed by atoms with E-state index >= 15 is 0 Å². The SMILES string of the molecule is COc1cc(/C=C2/SC(=O)N(CC(=O)N3CCc4ccccc4C3)C2=O)cc(Br)c1OC. The van der Waals surface area contributed by atoms with E-state index in [1.54, 1.807) is 23.1 Å². The average molecular weight is 517 g/mol. The molecule has 2 aromatic rings. The normalized spacial score (nSPS) is 17.0. The minimum absolute atomic E-state index is 0.239. The van der Waals surface area contributed by atoms with Crippen LogP contribution in [0.25, 0.3) is 6.08 Å². The molecule has 4 rings (SSSR count). The van der Waals surface area contributed by atoms with Crippen LogP contribution >= 0.6 is 27.7 Å². The molecule has 1 fully saturated rings. The minimum atomic E-state index is -0.475. The first-order valence-electron chi connectivity index (χ1n) is 9.92. The van der Waals surface area contributed by atoms with Crippen molar-refractivity contribution in [1.82, 2.24) is 9.80 Å². The Labute approximate surface area is 198 Å². The predicted octanol–water partition coefficient (Wildman–Crippen LogP) is 4.09. The van der Waals surface area contributed by atoms with E-state index in [0.717, 1.165) is 28.6 Å². The predicted molar refractivity (Wildman–Crippen MR) is 125 cm³/mol. The monoisotopic (exact) mass is 516 g/mol. The first-order chi connectivity index (χ1) is 15.4. The van der Waals surface area contributed by atoms with Gasteiger partial charge in [0.2, 0.25) is 5.91 Å². The van der Waals surface area contributed by atoms with Crippen molar-refractivity contribution in [1.29, 1.82) is 0 Å². The molecule has 1 saturated heterocycles. The maximum Gasteiger partial charge on any atom is 0.294 e. The van der Waals surface area contributed by atoms with Crippen molar-refractivity contribution in [2.45, 2.75) is 13.0 Å². The summed E-state index contributed by atoms with van der Waals surface area (Å²) in [6.45, 7) is 0.794. The number of methoxy groups -OCH3 is 2. The number of ether oxygens (including phenoxy) is 2. The van der Waals surface area contributed by atoms with E-state index in [2.05, 4.69) is 22.0 Å². The number of amides is 3. The summed E-state index contributed by atoms with van der Waals surface area (Å²) in [4.78, 5) is 41.2. The summed E-state index contributed by atoms with van der Waals surface area (Å²) < 4.78 is 11.3. The largest absolute Gasteiger partial charge is 0.493 e. The summed E-state index contributed by atoms with van der Waals surface area (Å²) in [5, 5.41) is -0.452. The zero-order chi connectivity index (χ0) is 22.8. The first kappa shape index (κ1) is 22.4. The van der Waals surface area contributed by atoms with Gasteiger partial charge >= 0.3 is 0 Å². The van der Waals surface area contributed by atoms with Gasteiger partial charge in [0, 0.05) is 13.1 Å². The molecule has 0 saturated carbocycles. The average Bonchev–Trinajstić information content (AvgIpc) is 3.05. The summed E-state index contributed by atoms with van der Waals surface area (Å²) in [6.07, 6.45) is 2.37. The van der Waals surface area contributed by atoms with E-state index in [0.29, 0.717) is 34.6 Å². The number of fused-ring (bicyclic) bond motifs is 1. The molecule has 0 spiro atoms. The van der Waals surface area contributed by atoms with Gasteiger partial charge < -0.3 is 14.4 Å². The second-order valence-electron chi connectivity index (χ2n) is 7.34. The molecule has 7 nitrogen and oxygen atoms in total. The van der Waals surface area contributed by atoms with Crippen molar-refractivity contribution in [3.8, 4) is 11.5 Å². The second kappa shape index (κ2) is 9.38. The molecule has 0 aliphatic carbocycles. The van der Waals surface area contributed by atoms with E-state index in [-0.39, 0.29) is 17.4 Å². The Hall–Kier alpha value is -2.78. The highest BCUT2D eigenvalue weighted by atomic mass is 79.9. The van der Waals surface area contributed by atoms with Crippen LogP contribution in [0.1, 0.15) is 16.7 Å². The van der Waals surface area contributed by atoms with Crippen LogP contribution in [0.4, 0.5) is 4.79 Å². The Balaban J connectivity index is 1.49. The molecule has 0 aromatic heterocycles. The highest BCUT2D eigenvalue weighted by Crippen LogP contribution is 2.38. The standard InChI is InChI=1S/C23H21BrN2O5S/c1-30-18-10-14(9-17(24)21(18)31-2)11-19-22(28)26(23(29)32-19)13-20(27)25-8-7-15-5-3-4-6-16(15)12-25/h3-6,9-11H,7-8,12-13H2,1-2H3/b19-11+. The fourth-order valence-corrected chi connectivity index (χ4v) is 5.21. The highest BCUT2D eigenvalue weighted by molar-refractivity contribution is 9.10. The maximum absolute atomic E-state index is 12.9. The number of thioether (sulfide) groups is 1. The third-order valence-electron chi connectivity index (χ3n) is 5.40. The second-order valence-corrected chi connectivity index (χ2v) is 9.19. The third-order valence-corrected chi connectivity index (χ3v) is 6.90. The summed E-state index contributed by atoms with van der Waals surface area (Å²) >= 11 is 4.25. The van der Waals surface area contributed by atoms with Gasteiger partial charge in [-0.25, -0.2) is 0 Å². The summed E-state index contributed by atoms with van der Waals surface area (Å²) in [6, 6.07) is 11.5. The Morgan fingerprint density at radius 1 is 1.16 bits per heavy atom. The molecule has 0 N–H and O–H groups in total. The number of carbonyl (C=O) groups excluding carboxylic acids is 3. The fourth-order valence-electron chi connectivity index (χ4n) is 3.75. The molecule has 9 heteroatoms. The van der Waals surface area contributed by atoms with Gasteiger partial charge in [-0.15, -0.1) is 0 Å². The minimum Gasteiger partial charge on any atom is -0.493 e. The van der Waals surface area contributed by atoms with E-state index in [4.69, 9.17) is 9.47 Å². The molecule has 2 aromatic carbocycles. The van der Waals surface area contributed by atoms with Crippen molar-refractivity contribution in [3.63, 3.8) is 0 Å². The third kappa shape index (κ3) is 4.40. The van der Waals surface area contributed by atoms with Crippen LogP contribution in [0.5, 0.6) is 11.5 Å². The molecular weight excluding hydrogens is 496 g/mol. The van der Waals surface area contributed by atoms with Crippen LogP contribution in [0.3, 0.4) is 0 Å². The molecule has 166 valence electrons. The van der Waals surface area contributed by atoms with Crippen LogP contribution in [0.2, 0.25) is 0 Å².